The fourth-order valence-electron chi connectivity index (χ4n) is 1.24. The van der Waals surface area contributed by atoms with E-state index in [2.05, 4.69) is 15.9 Å². The third-order valence-electron chi connectivity index (χ3n) is 1.96. The van der Waals surface area contributed by atoms with Gasteiger partial charge in [0.15, 0.2) is 0 Å². The summed E-state index contributed by atoms with van der Waals surface area (Å²) in [6.07, 6.45) is 1.72. The van der Waals surface area contributed by atoms with E-state index in [1.807, 2.05) is 30.3 Å². The predicted octanol–water partition coefficient (Wildman–Crippen LogP) is 4.45. The third-order valence-corrected chi connectivity index (χ3v) is 2.76. The number of benzene rings is 1. The highest BCUT2D eigenvalue weighted by atomic mass is 79.9. The molecule has 2 aromatic rings. The summed E-state index contributed by atoms with van der Waals surface area (Å²) in [7, 11) is 0. The molecular weight excluding hydrogens is 263 g/mol. The monoisotopic (exact) mass is 270 g/mol. The second kappa shape index (κ2) is 4.20. The zero-order valence-electron chi connectivity index (χ0n) is 7.34. The molecule has 0 unspecified atom stereocenters. The normalized spacial score (nSPS) is 10.4. The summed E-state index contributed by atoms with van der Waals surface area (Å²) in [6, 6.07) is 10.0. The van der Waals surface area contributed by atoms with Gasteiger partial charge in [0.2, 0.25) is 0 Å². The third kappa shape index (κ3) is 2.02. The molecule has 1 heterocycles. The quantitative estimate of drug-likeness (QED) is 0.736. The Morgan fingerprint density at radius 3 is 2.43 bits per heavy atom. The van der Waals surface area contributed by atoms with Crippen molar-refractivity contribution < 1.29 is 4.42 Å². The van der Waals surface area contributed by atoms with Crippen LogP contribution < -0.4 is 0 Å². The molecule has 14 heavy (non-hydrogen) atoms. The Morgan fingerprint density at radius 1 is 1.14 bits per heavy atom. The van der Waals surface area contributed by atoms with E-state index in [0.29, 0.717) is 5.88 Å². The average Bonchev–Trinajstić information content (AvgIpc) is 2.67. The van der Waals surface area contributed by atoms with Gasteiger partial charge in [0, 0.05) is 10.0 Å². The first-order chi connectivity index (χ1) is 6.79. The van der Waals surface area contributed by atoms with Gasteiger partial charge in [0.05, 0.1) is 12.1 Å². The van der Waals surface area contributed by atoms with Crippen LogP contribution in [-0.4, -0.2) is 0 Å². The summed E-state index contributed by atoms with van der Waals surface area (Å²) >= 11 is 9.04. The molecule has 0 bridgehead atoms. The zero-order chi connectivity index (χ0) is 9.97. The van der Waals surface area contributed by atoms with E-state index < -0.39 is 0 Å². The standard InChI is InChI=1S/C11H8BrClO/c12-10-3-1-8(2-4-10)9-5-11(6-13)14-7-9/h1-5,7H,6H2. The summed E-state index contributed by atoms with van der Waals surface area (Å²) in [5.41, 5.74) is 2.20. The Hall–Kier alpha value is -0.730. The van der Waals surface area contributed by atoms with Gasteiger partial charge in [-0.25, -0.2) is 0 Å². The molecule has 2 rings (SSSR count). The van der Waals surface area contributed by atoms with Gasteiger partial charge >= 0.3 is 0 Å². The topological polar surface area (TPSA) is 13.1 Å². The van der Waals surface area contributed by atoms with E-state index in [4.69, 9.17) is 16.0 Å². The molecular formula is C11H8BrClO. The largest absolute Gasteiger partial charge is 0.467 e. The van der Waals surface area contributed by atoms with Crippen molar-refractivity contribution in [2.24, 2.45) is 0 Å². The maximum absolute atomic E-state index is 5.65. The highest BCUT2D eigenvalue weighted by Gasteiger charge is 2.02. The van der Waals surface area contributed by atoms with Crippen molar-refractivity contribution in [1.29, 1.82) is 0 Å². The van der Waals surface area contributed by atoms with Crippen molar-refractivity contribution in [2.75, 3.05) is 0 Å². The highest BCUT2D eigenvalue weighted by molar-refractivity contribution is 9.10. The molecule has 0 radical (unpaired) electrons. The van der Waals surface area contributed by atoms with Crippen LogP contribution in [0.5, 0.6) is 0 Å². The van der Waals surface area contributed by atoms with Crippen LogP contribution in [0.4, 0.5) is 0 Å². The van der Waals surface area contributed by atoms with Crippen LogP contribution in [-0.2, 0) is 5.88 Å². The van der Waals surface area contributed by atoms with Gasteiger partial charge in [-0.3, -0.25) is 0 Å². The predicted molar refractivity (Wildman–Crippen MR) is 61.4 cm³/mol. The van der Waals surface area contributed by atoms with Crippen LogP contribution >= 0.6 is 27.5 Å². The van der Waals surface area contributed by atoms with Crippen LogP contribution in [0.25, 0.3) is 11.1 Å². The van der Waals surface area contributed by atoms with Crippen molar-refractivity contribution >= 4 is 27.5 Å². The van der Waals surface area contributed by atoms with E-state index in [0.717, 1.165) is 21.4 Å². The van der Waals surface area contributed by atoms with E-state index in [1.165, 1.54) is 0 Å². The molecule has 3 heteroatoms. The van der Waals surface area contributed by atoms with Crippen molar-refractivity contribution in [3.05, 3.63) is 46.8 Å². The maximum Gasteiger partial charge on any atom is 0.119 e. The molecule has 0 aliphatic carbocycles. The molecule has 0 spiro atoms. The lowest BCUT2D eigenvalue weighted by Gasteiger charge is -1.95. The minimum Gasteiger partial charge on any atom is -0.467 e. The molecule has 0 aliphatic heterocycles. The number of alkyl halides is 1. The first-order valence-electron chi connectivity index (χ1n) is 4.19. The van der Waals surface area contributed by atoms with Crippen LogP contribution in [0.2, 0.25) is 0 Å². The minimum atomic E-state index is 0.413. The van der Waals surface area contributed by atoms with Crippen LogP contribution in [0.1, 0.15) is 5.76 Å². The first-order valence-corrected chi connectivity index (χ1v) is 5.51. The summed E-state index contributed by atoms with van der Waals surface area (Å²) in [6.45, 7) is 0. The Labute approximate surface area is 95.8 Å². The SMILES string of the molecule is ClCc1cc(-c2ccc(Br)cc2)co1. The number of hydrogen-bond donors (Lipinski definition) is 0. The van der Waals surface area contributed by atoms with Crippen LogP contribution in [0, 0.1) is 0 Å². The average molecular weight is 272 g/mol. The van der Waals surface area contributed by atoms with Gasteiger partial charge in [-0.15, -0.1) is 11.6 Å². The smallest absolute Gasteiger partial charge is 0.119 e. The summed E-state index contributed by atoms with van der Waals surface area (Å²) in [5, 5.41) is 0. The molecule has 1 nitrogen and oxygen atoms in total. The van der Waals surface area contributed by atoms with Gasteiger partial charge in [-0.2, -0.15) is 0 Å². The maximum atomic E-state index is 5.65. The molecule has 0 amide bonds. The van der Waals surface area contributed by atoms with E-state index >= 15 is 0 Å². The van der Waals surface area contributed by atoms with E-state index in [9.17, 15) is 0 Å². The molecule has 1 aromatic carbocycles. The summed E-state index contributed by atoms with van der Waals surface area (Å²) in [5.74, 6) is 1.21. The Balaban J connectivity index is 2.34. The number of furan rings is 1. The summed E-state index contributed by atoms with van der Waals surface area (Å²) in [4.78, 5) is 0. The van der Waals surface area contributed by atoms with Crippen molar-refractivity contribution in [3.63, 3.8) is 0 Å². The van der Waals surface area contributed by atoms with Gasteiger partial charge in [0.25, 0.3) is 0 Å². The highest BCUT2D eigenvalue weighted by Crippen LogP contribution is 2.24. The second-order valence-corrected chi connectivity index (χ2v) is 4.13. The summed E-state index contributed by atoms with van der Waals surface area (Å²) < 4.78 is 6.33. The Bertz CT molecular complexity index is 419. The van der Waals surface area contributed by atoms with E-state index in [1.54, 1.807) is 6.26 Å². The number of halogens is 2. The van der Waals surface area contributed by atoms with Crippen LogP contribution in [0.15, 0.2) is 45.5 Å². The number of rotatable bonds is 2. The van der Waals surface area contributed by atoms with Crippen molar-refractivity contribution in [1.82, 2.24) is 0 Å². The van der Waals surface area contributed by atoms with Gasteiger partial charge < -0.3 is 4.42 Å². The van der Waals surface area contributed by atoms with Crippen molar-refractivity contribution in [2.45, 2.75) is 5.88 Å². The fourth-order valence-corrected chi connectivity index (χ4v) is 1.65. The first kappa shape index (κ1) is 9.81. The molecule has 1 aromatic heterocycles. The van der Waals surface area contributed by atoms with Gasteiger partial charge in [-0.05, 0) is 23.8 Å². The van der Waals surface area contributed by atoms with Gasteiger partial charge in [0.1, 0.15) is 5.76 Å². The second-order valence-electron chi connectivity index (χ2n) is 2.94. The Kier molecular flexibility index (Phi) is 2.94. The molecule has 0 fully saturated rings. The lowest BCUT2D eigenvalue weighted by Crippen LogP contribution is -1.72. The van der Waals surface area contributed by atoms with Crippen LogP contribution in [0.3, 0.4) is 0 Å². The lowest BCUT2D eigenvalue weighted by molar-refractivity contribution is 0.530. The van der Waals surface area contributed by atoms with E-state index in [-0.39, 0.29) is 0 Å². The van der Waals surface area contributed by atoms with Crippen molar-refractivity contribution in [3.8, 4) is 11.1 Å². The molecule has 0 N–H and O–H groups in total. The molecule has 0 saturated carbocycles. The lowest BCUT2D eigenvalue weighted by atomic mass is 10.1. The molecule has 0 aliphatic rings. The fraction of sp³-hybridized carbons (Fsp3) is 0.0909. The molecule has 72 valence electrons. The zero-order valence-corrected chi connectivity index (χ0v) is 9.68. The van der Waals surface area contributed by atoms with Gasteiger partial charge in [-0.1, -0.05) is 28.1 Å². The molecule has 0 atom stereocenters. The minimum absolute atomic E-state index is 0.413. The number of hydrogen-bond acceptors (Lipinski definition) is 1. The Morgan fingerprint density at radius 2 is 1.86 bits per heavy atom. The molecule has 0 saturated heterocycles.